The summed E-state index contributed by atoms with van der Waals surface area (Å²) in [5.74, 6) is -1.52. The molecule has 7 heteroatoms. The van der Waals surface area contributed by atoms with Gasteiger partial charge in [0.2, 0.25) is 0 Å². The van der Waals surface area contributed by atoms with E-state index in [0.717, 1.165) is 0 Å². The van der Waals surface area contributed by atoms with E-state index in [1.165, 1.54) is 19.2 Å². The molecule has 0 spiro atoms. The van der Waals surface area contributed by atoms with Crippen molar-refractivity contribution >= 4 is 18.1 Å². The minimum Gasteiger partial charge on any atom is -0.465 e. The molecule has 0 atom stereocenters. The van der Waals surface area contributed by atoms with Crippen LogP contribution >= 0.6 is 0 Å². The average Bonchev–Trinajstić information content (AvgIpc) is 2.60. The number of carbonyl (C=O) groups excluding carboxylic acids is 2. The average molecular weight is 344 g/mol. The first-order valence-corrected chi connectivity index (χ1v) is 7.38. The summed E-state index contributed by atoms with van der Waals surface area (Å²) in [6.45, 7) is 1.72. The smallest absolute Gasteiger partial charge is 0.465 e. The van der Waals surface area contributed by atoms with E-state index in [2.05, 4.69) is 0 Å². The number of esters is 2. The number of ether oxygens (including phenoxy) is 3. The molecule has 0 aliphatic carbocycles. The lowest BCUT2D eigenvalue weighted by Gasteiger charge is -2.14. The van der Waals surface area contributed by atoms with E-state index in [-0.39, 0.29) is 23.5 Å². The van der Waals surface area contributed by atoms with Gasteiger partial charge in [-0.3, -0.25) is 0 Å². The summed E-state index contributed by atoms with van der Waals surface area (Å²) in [7, 11) is 1.25. The lowest BCUT2D eigenvalue weighted by Crippen LogP contribution is -2.13. The molecule has 0 unspecified atom stereocenters. The molecule has 2 aromatic rings. The van der Waals surface area contributed by atoms with Crippen LogP contribution in [0, 0.1) is 0 Å². The first-order chi connectivity index (χ1) is 12.0. The van der Waals surface area contributed by atoms with Gasteiger partial charge in [-0.15, -0.1) is 0 Å². The second-order valence-corrected chi connectivity index (χ2v) is 4.80. The maximum absolute atomic E-state index is 12.4. The van der Waals surface area contributed by atoms with Crippen LogP contribution in [-0.2, 0) is 9.47 Å². The summed E-state index contributed by atoms with van der Waals surface area (Å²) in [5, 5.41) is 8.90. The topological polar surface area (TPSA) is 99.1 Å². The van der Waals surface area contributed by atoms with Crippen molar-refractivity contribution in [2.24, 2.45) is 0 Å². The van der Waals surface area contributed by atoms with Gasteiger partial charge in [0.05, 0.1) is 19.3 Å². The quantitative estimate of drug-likeness (QED) is 0.655. The molecule has 0 radical (unpaired) electrons. The molecule has 130 valence electrons. The van der Waals surface area contributed by atoms with E-state index < -0.39 is 18.1 Å². The molecule has 0 heterocycles. The van der Waals surface area contributed by atoms with Gasteiger partial charge in [0.1, 0.15) is 11.3 Å². The Morgan fingerprint density at radius 2 is 1.64 bits per heavy atom. The summed E-state index contributed by atoms with van der Waals surface area (Å²) in [4.78, 5) is 35.3. The predicted octanol–water partition coefficient (Wildman–Crippen LogP) is 3.37. The third-order valence-electron chi connectivity index (χ3n) is 3.33. The van der Waals surface area contributed by atoms with Gasteiger partial charge in [-0.2, -0.15) is 0 Å². The van der Waals surface area contributed by atoms with Crippen molar-refractivity contribution in [3.8, 4) is 16.9 Å². The van der Waals surface area contributed by atoms with Gasteiger partial charge in [0.25, 0.3) is 0 Å². The molecule has 0 saturated carbocycles. The molecule has 2 aromatic carbocycles. The van der Waals surface area contributed by atoms with Gasteiger partial charge < -0.3 is 19.3 Å². The molecule has 1 N–H and O–H groups in total. The standard InChI is InChI=1S/C18H16O7/c1-3-24-17(20)15-12(9-6-10-14(15)25-18(21)22)11-7-4-5-8-13(11)16(19)23-2/h4-10H,3H2,1-2H3,(H,21,22). The third kappa shape index (κ3) is 3.95. The van der Waals surface area contributed by atoms with Crippen LogP contribution in [0.2, 0.25) is 0 Å². The molecular formula is C18H16O7. The van der Waals surface area contributed by atoms with Gasteiger partial charge in [-0.1, -0.05) is 30.3 Å². The molecular weight excluding hydrogens is 328 g/mol. The number of methoxy groups -OCH3 is 1. The SMILES string of the molecule is CCOC(=O)c1c(OC(=O)O)cccc1-c1ccccc1C(=O)OC. The Labute approximate surface area is 143 Å². The van der Waals surface area contributed by atoms with Crippen molar-refractivity contribution < 1.29 is 33.7 Å². The van der Waals surface area contributed by atoms with Crippen LogP contribution in [0.1, 0.15) is 27.6 Å². The van der Waals surface area contributed by atoms with E-state index in [1.807, 2.05) is 0 Å². The van der Waals surface area contributed by atoms with Gasteiger partial charge >= 0.3 is 18.1 Å². The molecule has 0 aliphatic rings. The van der Waals surface area contributed by atoms with Gasteiger partial charge in [0.15, 0.2) is 0 Å². The number of hydrogen-bond acceptors (Lipinski definition) is 6. The van der Waals surface area contributed by atoms with Gasteiger partial charge in [-0.25, -0.2) is 14.4 Å². The highest BCUT2D eigenvalue weighted by atomic mass is 16.7. The molecule has 0 bridgehead atoms. The Kier molecular flexibility index (Phi) is 5.73. The Bertz CT molecular complexity index is 811. The number of hydrogen-bond donors (Lipinski definition) is 1. The minimum absolute atomic E-state index is 0.0805. The van der Waals surface area contributed by atoms with Crippen LogP contribution in [0.15, 0.2) is 42.5 Å². The van der Waals surface area contributed by atoms with Crippen LogP contribution in [0.4, 0.5) is 4.79 Å². The third-order valence-corrected chi connectivity index (χ3v) is 3.33. The largest absolute Gasteiger partial charge is 0.511 e. The van der Waals surface area contributed by atoms with Crippen molar-refractivity contribution in [3.05, 3.63) is 53.6 Å². The molecule has 0 aromatic heterocycles. The summed E-state index contributed by atoms with van der Waals surface area (Å²) < 4.78 is 14.5. The zero-order valence-corrected chi connectivity index (χ0v) is 13.6. The summed E-state index contributed by atoms with van der Waals surface area (Å²) in [6.07, 6.45) is -1.57. The van der Waals surface area contributed by atoms with Crippen molar-refractivity contribution in [2.75, 3.05) is 13.7 Å². The summed E-state index contributed by atoms with van der Waals surface area (Å²) in [5.41, 5.74) is 0.845. The monoisotopic (exact) mass is 344 g/mol. The number of rotatable bonds is 5. The Balaban J connectivity index is 2.72. The highest BCUT2D eigenvalue weighted by molar-refractivity contribution is 6.05. The van der Waals surface area contributed by atoms with Gasteiger partial charge in [-0.05, 0) is 24.6 Å². The molecule has 0 amide bonds. The van der Waals surface area contributed by atoms with Crippen LogP contribution in [0.3, 0.4) is 0 Å². The Hall–Kier alpha value is -3.35. The number of carbonyl (C=O) groups is 3. The van der Waals surface area contributed by atoms with Crippen LogP contribution in [-0.4, -0.2) is 36.9 Å². The fourth-order valence-corrected chi connectivity index (χ4v) is 2.35. The first-order valence-electron chi connectivity index (χ1n) is 7.38. The molecule has 7 nitrogen and oxygen atoms in total. The fourth-order valence-electron chi connectivity index (χ4n) is 2.35. The molecule has 25 heavy (non-hydrogen) atoms. The highest BCUT2D eigenvalue weighted by Crippen LogP contribution is 2.34. The van der Waals surface area contributed by atoms with Crippen molar-refractivity contribution in [2.45, 2.75) is 6.92 Å². The van der Waals surface area contributed by atoms with Crippen LogP contribution in [0.5, 0.6) is 5.75 Å². The maximum atomic E-state index is 12.4. The lowest BCUT2D eigenvalue weighted by atomic mass is 9.94. The highest BCUT2D eigenvalue weighted by Gasteiger charge is 2.24. The Morgan fingerprint density at radius 1 is 0.960 bits per heavy atom. The Morgan fingerprint density at radius 3 is 2.28 bits per heavy atom. The van der Waals surface area contributed by atoms with E-state index in [4.69, 9.17) is 19.3 Å². The first kappa shape index (κ1) is 18.0. The molecule has 0 fully saturated rings. The van der Waals surface area contributed by atoms with Gasteiger partial charge in [0, 0.05) is 5.56 Å². The molecule has 2 rings (SSSR count). The fraction of sp³-hybridized carbons (Fsp3) is 0.167. The second kappa shape index (κ2) is 7.96. The number of benzene rings is 2. The van der Waals surface area contributed by atoms with Crippen molar-refractivity contribution in [1.29, 1.82) is 0 Å². The van der Waals surface area contributed by atoms with Crippen molar-refractivity contribution in [3.63, 3.8) is 0 Å². The van der Waals surface area contributed by atoms with Crippen LogP contribution < -0.4 is 4.74 Å². The molecule has 0 aliphatic heterocycles. The summed E-state index contributed by atoms with van der Waals surface area (Å²) >= 11 is 0. The van der Waals surface area contributed by atoms with Crippen molar-refractivity contribution in [1.82, 2.24) is 0 Å². The molecule has 0 saturated heterocycles. The lowest BCUT2D eigenvalue weighted by molar-refractivity contribution is 0.0521. The minimum atomic E-state index is -1.57. The zero-order valence-electron chi connectivity index (χ0n) is 13.6. The van der Waals surface area contributed by atoms with E-state index in [0.29, 0.717) is 11.1 Å². The normalized spacial score (nSPS) is 10.0. The number of carboxylic acid groups (broad SMARTS) is 1. The zero-order chi connectivity index (χ0) is 18.4. The maximum Gasteiger partial charge on any atom is 0.511 e. The van der Waals surface area contributed by atoms with E-state index >= 15 is 0 Å². The van der Waals surface area contributed by atoms with E-state index in [1.54, 1.807) is 37.3 Å². The predicted molar refractivity (Wildman–Crippen MR) is 87.8 cm³/mol. The van der Waals surface area contributed by atoms with Crippen LogP contribution in [0.25, 0.3) is 11.1 Å². The summed E-state index contributed by atoms with van der Waals surface area (Å²) in [6, 6.07) is 10.9. The second-order valence-electron chi connectivity index (χ2n) is 4.80. The van der Waals surface area contributed by atoms with E-state index in [9.17, 15) is 14.4 Å².